The van der Waals surface area contributed by atoms with E-state index < -0.39 is 0 Å². The first kappa shape index (κ1) is 16.4. The minimum Gasteiger partial charge on any atom is -0.466 e. The number of hydrogen-bond donors (Lipinski definition) is 1. The van der Waals surface area contributed by atoms with Gasteiger partial charge >= 0.3 is 0 Å². The molecule has 1 N–H and O–H groups in total. The van der Waals surface area contributed by atoms with E-state index in [-0.39, 0.29) is 5.56 Å². The first-order valence-electron chi connectivity index (χ1n) is 9.01. The molecular weight excluding hydrogens is 334 g/mol. The molecule has 3 aromatic rings. The molecule has 4 rings (SSSR count). The first-order valence-corrected chi connectivity index (χ1v) is 9.83. The summed E-state index contributed by atoms with van der Waals surface area (Å²) in [5, 5.41) is 4.19. The second kappa shape index (κ2) is 6.67. The fraction of sp³-hybridized carbons (Fsp3) is 0.474. The molecule has 0 aromatic carbocycles. The number of hydrogen-bond acceptors (Lipinski definition) is 5. The molecular formula is C19H23N3O2S. The Morgan fingerprint density at radius 1 is 1.32 bits per heavy atom. The molecule has 0 radical (unpaired) electrons. The van der Waals surface area contributed by atoms with Crippen molar-refractivity contribution in [3.8, 4) is 0 Å². The summed E-state index contributed by atoms with van der Waals surface area (Å²) in [5.41, 5.74) is 1.35. The quantitative estimate of drug-likeness (QED) is 0.752. The number of rotatable bonds is 5. The molecule has 25 heavy (non-hydrogen) atoms. The predicted molar refractivity (Wildman–Crippen MR) is 102 cm³/mol. The number of nitrogens with zero attached hydrogens (tertiary/aromatic N) is 2. The molecule has 3 heterocycles. The molecule has 6 heteroatoms. The van der Waals surface area contributed by atoms with Crippen molar-refractivity contribution in [2.75, 3.05) is 11.9 Å². The van der Waals surface area contributed by atoms with Crippen molar-refractivity contribution in [1.82, 2.24) is 9.55 Å². The highest BCUT2D eigenvalue weighted by Crippen LogP contribution is 2.34. The summed E-state index contributed by atoms with van der Waals surface area (Å²) in [7, 11) is 0. The SMILES string of the molecule is CCn1c(NCCc2ccc(C)o2)nc2sc3c(c2c1=O)CCCC3. The van der Waals surface area contributed by atoms with Crippen molar-refractivity contribution in [3.63, 3.8) is 0 Å². The molecule has 0 amide bonds. The molecule has 1 aliphatic carbocycles. The van der Waals surface area contributed by atoms with Crippen LogP contribution in [0, 0.1) is 6.92 Å². The van der Waals surface area contributed by atoms with Crippen molar-refractivity contribution in [1.29, 1.82) is 0 Å². The Bertz CT molecular complexity index is 967. The average molecular weight is 357 g/mol. The topological polar surface area (TPSA) is 60.1 Å². The monoisotopic (exact) mass is 357 g/mol. The van der Waals surface area contributed by atoms with Crippen LogP contribution in [0.25, 0.3) is 10.2 Å². The molecule has 0 bridgehead atoms. The summed E-state index contributed by atoms with van der Waals surface area (Å²) in [5.74, 6) is 2.54. The zero-order valence-electron chi connectivity index (χ0n) is 14.7. The summed E-state index contributed by atoms with van der Waals surface area (Å²) < 4.78 is 7.36. The molecule has 132 valence electrons. The van der Waals surface area contributed by atoms with Gasteiger partial charge in [-0.2, -0.15) is 0 Å². The van der Waals surface area contributed by atoms with Gasteiger partial charge < -0.3 is 9.73 Å². The van der Waals surface area contributed by atoms with Gasteiger partial charge in [0.2, 0.25) is 5.95 Å². The highest BCUT2D eigenvalue weighted by Gasteiger charge is 2.21. The summed E-state index contributed by atoms with van der Waals surface area (Å²) >= 11 is 1.70. The molecule has 1 aliphatic rings. The lowest BCUT2D eigenvalue weighted by Gasteiger charge is -2.13. The summed E-state index contributed by atoms with van der Waals surface area (Å²) in [6.45, 7) is 5.25. The minimum absolute atomic E-state index is 0.100. The van der Waals surface area contributed by atoms with E-state index in [1.165, 1.54) is 23.3 Å². The fourth-order valence-electron chi connectivity index (χ4n) is 3.58. The van der Waals surface area contributed by atoms with Crippen LogP contribution in [0.4, 0.5) is 5.95 Å². The average Bonchev–Trinajstić information content (AvgIpc) is 3.18. The van der Waals surface area contributed by atoms with Crippen LogP contribution in [-0.4, -0.2) is 16.1 Å². The lowest BCUT2D eigenvalue weighted by atomic mass is 9.97. The minimum atomic E-state index is 0.100. The van der Waals surface area contributed by atoms with Gasteiger partial charge in [0, 0.05) is 24.4 Å². The number of fused-ring (bicyclic) bond motifs is 3. The maximum absolute atomic E-state index is 13.0. The van der Waals surface area contributed by atoms with E-state index in [4.69, 9.17) is 9.40 Å². The second-order valence-electron chi connectivity index (χ2n) is 6.57. The van der Waals surface area contributed by atoms with Gasteiger partial charge in [-0.1, -0.05) is 0 Å². The number of aryl methyl sites for hydroxylation is 3. The number of furan rings is 1. The number of thiophene rings is 1. The number of nitrogens with one attached hydrogen (secondary N) is 1. The van der Waals surface area contributed by atoms with Crippen LogP contribution in [0.15, 0.2) is 21.3 Å². The molecule has 0 unspecified atom stereocenters. The summed E-state index contributed by atoms with van der Waals surface area (Å²) in [6.07, 6.45) is 5.26. The van der Waals surface area contributed by atoms with Crippen LogP contribution in [0.1, 0.15) is 41.7 Å². The van der Waals surface area contributed by atoms with E-state index in [0.29, 0.717) is 19.0 Å². The highest BCUT2D eigenvalue weighted by atomic mass is 32.1. The van der Waals surface area contributed by atoms with Gasteiger partial charge in [-0.15, -0.1) is 11.3 Å². The van der Waals surface area contributed by atoms with Gasteiger partial charge in [0.05, 0.1) is 5.39 Å². The van der Waals surface area contributed by atoms with Crippen molar-refractivity contribution in [2.24, 2.45) is 0 Å². The Morgan fingerprint density at radius 2 is 2.16 bits per heavy atom. The van der Waals surface area contributed by atoms with E-state index in [0.717, 1.165) is 41.0 Å². The van der Waals surface area contributed by atoms with Gasteiger partial charge in [-0.3, -0.25) is 9.36 Å². The van der Waals surface area contributed by atoms with Gasteiger partial charge in [0.25, 0.3) is 5.56 Å². The van der Waals surface area contributed by atoms with Crippen LogP contribution in [-0.2, 0) is 25.8 Å². The molecule has 0 spiro atoms. The van der Waals surface area contributed by atoms with Crippen LogP contribution in [0.5, 0.6) is 0 Å². The molecule has 3 aromatic heterocycles. The van der Waals surface area contributed by atoms with E-state index >= 15 is 0 Å². The van der Waals surface area contributed by atoms with E-state index in [1.54, 1.807) is 15.9 Å². The van der Waals surface area contributed by atoms with Crippen molar-refractivity contribution in [2.45, 2.75) is 52.5 Å². The van der Waals surface area contributed by atoms with Gasteiger partial charge in [0.15, 0.2) is 0 Å². The third-order valence-corrected chi connectivity index (χ3v) is 6.03. The number of aromatic nitrogens is 2. The van der Waals surface area contributed by atoms with Gasteiger partial charge in [0.1, 0.15) is 16.4 Å². The van der Waals surface area contributed by atoms with Crippen molar-refractivity contribution >= 4 is 27.5 Å². The molecule has 0 atom stereocenters. The van der Waals surface area contributed by atoms with E-state index in [1.807, 2.05) is 26.0 Å². The Hall–Kier alpha value is -2.08. The largest absolute Gasteiger partial charge is 0.466 e. The Labute approximate surface area is 150 Å². The molecule has 0 aliphatic heterocycles. The zero-order chi connectivity index (χ0) is 17.4. The Kier molecular flexibility index (Phi) is 4.37. The maximum atomic E-state index is 13.0. The van der Waals surface area contributed by atoms with Crippen LogP contribution in [0.2, 0.25) is 0 Å². The third kappa shape index (κ3) is 2.99. The van der Waals surface area contributed by atoms with Crippen LogP contribution in [0.3, 0.4) is 0 Å². The Balaban J connectivity index is 1.65. The van der Waals surface area contributed by atoms with E-state index in [9.17, 15) is 4.79 Å². The van der Waals surface area contributed by atoms with Gasteiger partial charge in [-0.05, 0) is 57.2 Å². The maximum Gasteiger partial charge on any atom is 0.263 e. The smallest absolute Gasteiger partial charge is 0.263 e. The van der Waals surface area contributed by atoms with Crippen LogP contribution >= 0.6 is 11.3 Å². The molecule has 0 fully saturated rings. The lowest BCUT2D eigenvalue weighted by Crippen LogP contribution is -2.25. The van der Waals surface area contributed by atoms with Crippen molar-refractivity contribution in [3.05, 3.63) is 44.4 Å². The first-order chi connectivity index (χ1) is 12.2. The summed E-state index contributed by atoms with van der Waals surface area (Å²) in [6, 6.07) is 3.96. The molecule has 5 nitrogen and oxygen atoms in total. The molecule has 0 saturated heterocycles. The highest BCUT2D eigenvalue weighted by molar-refractivity contribution is 7.18. The summed E-state index contributed by atoms with van der Waals surface area (Å²) in [4.78, 5) is 20.1. The second-order valence-corrected chi connectivity index (χ2v) is 7.65. The van der Waals surface area contributed by atoms with E-state index in [2.05, 4.69) is 5.32 Å². The van der Waals surface area contributed by atoms with Crippen LogP contribution < -0.4 is 10.9 Å². The standard InChI is InChI=1S/C19H23N3O2S/c1-3-22-18(23)16-14-6-4-5-7-15(14)25-17(16)21-19(22)20-11-10-13-9-8-12(2)24-13/h8-9H,3-7,10-11H2,1-2H3,(H,20,21). The zero-order valence-corrected chi connectivity index (χ0v) is 15.5. The van der Waals surface area contributed by atoms with Gasteiger partial charge in [-0.25, -0.2) is 4.98 Å². The molecule has 0 saturated carbocycles. The fourth-order valence-corrected chi connectivity index (χ4v) is 4.84. The Morgan fingerprint density at radius 3 is 2.92 bits per heavy atom. The van der Waals surface area contributed by atoms with Crippen molar-refractivity contribution < 1.29 is 4.42 Å². The third-order valence-electron chi connectivity index (χ3n) is 4.84. The number of anilines is 1. The normalized spacial score (nSPS) is 14.0. The lowest BCUT2D eigenvalue weighted by molar-refractivity contribution is 0.486. The predicted octanol–water partition coefficient (Wildman–Crippen LogP) is 3.91.